The van der Waals surface area contributed by atoms with Gasteiger partial charge in [0, 0.05) is 6.07 Å². The zero-order chi connectivity index (χ0) is 12.1. The molecule has 6 nitrogen and oxygen atoms in total. The van der Waals surface area contributed by atoms with E-state index in [1.165, 1.54) is 25.3 Å². The molecule has 1 rings (SSSR count). The minimum absolute atomic E-state index is 0.0685. The Hall–Kier alpha value is -2.13. The Morgan fingerprint density at radius 2 is 2.38 bits per heavy atom. The van der Waals surface area contributed by atoms with Gasteiger partial charge in [0.1, 0.15) is 0 Å². The summed E-state index contributed by atoms with van der Waals surface area (Å²) in [6.07, 6.45) is -1.03. The number of hydrogen-bond acceptors (Lipinski definition) is 5. The minimum Gasteiger partial charge on any atom is -0.490 e. The van der Waals surface area contributed by atoms with Gasteiger partial charge in [-0.3, -0.25) is 10.1 Å². The van der Waals surface area contributed by atoms with E-state index in [9.17, 15) is 15.2 Å². The Kier molecular flexibility index (Phi) is 3.80. The van der Waals surface area contributed by atoms with E-state index in [0.717, 1.165) is 0 Å². The van der Waals surface area contributed by atoms with Gasteiger partial charge in [-0.25, -0.2) is 0 Å². The second-order valence-corrected chi connectivity index (χ2v) is 3.07. The molecule has 1 aromatic carbocycles. The Bertz CT molecular complexity index is 439. The summed E-state index contributed by atoms with van der Waals surface area (Å²) in [6.45, 7) is 0. The maximum atomic E-state index is 10.6. The smallest absolute Gasteiger partial charge is 0.310 e. The fourth-order valence-corrected chi connectivity index (χ4v) is 1.26. The molecule has 0 amide bonds. The van der Waals surface area contributed by atoms with Gasteiger partial charge in [-0.15, -0.1) is 0 Å². The third-order valence-electron chi connectivity index (χ3n) is 2.07. The van der Waals surface area contributed by atoms with Gasteiger partial charge in [0.15, 0.2) is 5.75 Å². The minimum atomic E-state index is -0.959. The molecule has 0 spiro atoms. The lowest BCUT2D eigenvalue weighted by molar-refractivity contribution is -0.385. The molecule has 0 aliphatic rings. The van der Waals surface area contributed by atoms with Crippen molar-refractivity contribution < 1.29 is 14.8 Å². The molecule has 6 heteroatoms. The number of nitrogens with zero attached hydrogens (tertiary/aromatic N) is 2. The van der Waals surface area contributed by atoms with Crippen LogP contribution in [0, 0.1) is 21.4 Å². The summed E-state index contributed by atoms with van der Waals surface area (Å²) in [5, 5.41) is 28.5. The quantitative estimate of drug-likeness (QED) is 0.615. The fraction of sp³-hybridized carbons (Fsp3) is 0.300. The summed E-state index contributed by atoms with van der Waals surface area (Å²) in [5.74, 6) is 0.0690. The number of aliphatic hydroxyl groups is 1. The molecule has 1 N–H and O–H groups in total. The van der Waals surface area contributed by atoms with Crippen molar-refractivity contribution in [3.63, 3.8) is 0 Å². The van der Waals surface area contributed by atoms with Crippen LogP contribution in [0.4, 0.5) is 5.69 Å². The summed E-state index contributed by atoms with van der Waals surface area (Å²) in [5.41, 5.74) is 0.249. The number of ether oxygens (including phenoxy) is 1. The van der Waals surface area contributed by atoms with Crippen LogP contribution in [0.25, 0.3) is 0 Å². The maximum Gasteiger partial charge on any atom is 0.310 e. The predicted octanol–water partition coefficient (Wildman–Crippen LogP) is 1.55. The Labute approximate surface area is 91.8 Å². The van der Waals surface area contributed by atoms with Gasteiger partial charge in [0.05, 0.1) is 30.6 Å². The third-order valence-corrected chi connectivity index (χ3v) is 2.07. The maximum absolute atomic E-state index is 10.6. The zero-order valence-corrected chi connectivity index (χ0v) is 8.58. The highest BCUT2D eigenvalue weighted by atomic mass is 16.6. The monoisotopic (exact) mass is 222 g/mol. The van der Waals surface area contributed by atoms with Gasteiger partial charge in [-0.05, 0) is 17.7 Å². The third kappa shape index (κ3) is 2.46. The van der Waals surface area contributed by atoms with Gasteiger partial charge in [-0.1, -0.05) is 0 Å². The van der Waals surface area contributed by atoms with Gasteiger partial charge in [-0.2, -0.15) is 5.26 Å². The normalized spacial score (nSPS) is 11.6. The van der Waals surface area contributed by atoms with E-state index in [1.54, 1.807) is 0 Å². The summed E-state index contributed by atoms with van der Waals surface area (Å²) in [4.78, 5) is 10.0. The fourth-order valence-electron chi connectivity index (χ4n) is 1.26. The van der Waals surface area contributed by atoms with Gasteiger partial charge >= 0.3 is 5.69 Å². The lowest BCUT2D eigenvalue weighted by Gasteiger charge is -2.08. The van der Waals surface area contributed by atoms with Crippen molar-refractivity contribution in [1.82, 2.24) is 0 Å². The van der Waals surface area contributed by atoms with Crippen LogP contribution in [-0.4, -0.2) is 17.1 Å². The molecule has 0 radical (unpaired) electrons. The number of nitro groups is 1. The summed E-state index contributed by atoms with van der Waals surface area (Å²) >= 11 is 0. The molecule has 1 aromatic rings. The van der Waals surface area contributed by atoms with E-state index in [4.69, 9.17) is 10.00 Å². The molecule has 0 saturated carbocycles. The highest BCUT2D eigenvalue weighted by Crippen LogP contribution is 2.30. The summed E-state index contributed by atoms with van der Waals surface area (Å²) < 4.78 is 4.84. The Balaban J connectivity index is 3.09. The summed E-state index contributed by atoms with van der Waals surface area (Å²) in [7, 11) is 1.31. The van der Waals surface area contributed by atoms with E-state index in [0.29, 0.717) is 5.56 Å². The van der Waals surface area contributed by atoms with Crippen LogP contribution in [-0.2, 0) is 0 Å². The average Bonchev–Trinajstić information content (AvgIpc) is 2.28. The Morgan fingerprint density at radius 3 is 2.88 bits per heavy atom. The number of benzene rings is 1. The molecule has 16 heavy (non-hydrogen) atoms. The first-order chi connectivity index (χ1) is 7.60. The van der Waals surface area contributed by atoms with Gasteiger partial charge in [0.25, 0.3) is 0 Å². The van der Waals surface area contributed by atoms with E-state index in [1.807, 2.05) is 6.07 Å². The molecule has 84 valence electrons. The van der Waals surface area contributed by atoms with E-state index >= 15 is 0 Å². The van der Waals surface area contributed by atoms with Crippen LogP contribution < -0.4 is 4.74 Å². The molecule has 0 bridgehead atoms. The van der Waals surface area contributed by atoms with Crippen LogP contribution in [0.2, 0.25) is 0 Å². The van der Waals surface area contributed by atoms with Crippen molar-refractivity contribution in [2.24, 2.45) is 0 Å². The van der Waals surface area contributed by atoms with Crippen LogP contribution in [0.5, 0.6) is 5.75 Å². The Morgan fingerprint density at radius 1 is 1.69 bits per heavy atom. The molecular formula is C10H10N2O4. The molecule has 1 unspecified atom stereocenters. The van der Waals surface area contributed by atoms with Crippen molar-refractivity contribution in [3.8, 4) is 11.8 Å². The molecule has 0 aliphatic heterocycles. The van der Waals surface area contributed by atoms with Gasteiger partial charge < -0.3 is 9.84 Å². The van der Waals surface area contributed by atoms with Crippen molar-refractivity contribution in [1.29, 1.82) is 5.26 Å². The van der Waals surface area contributed by atoms with Gasteiger partial charge in [0.2, 0.25) is 0 Å². The number of methoxy groups -OCH3 is 1. The number of hydrogen-bond donors (Lipinski definition) is 1. The van der Waals surface area contributed by atoms with Crippen molar-refractivity contribution in [2.45, 2.75) is 12.5 Å². The first-order valence-corrected chi connectivity index (χ1v) is 4.47. The van der Waals surface area contributed by atoms with E-state index in [2.05, 4.69) is 0 Å². The zero-order valence-electron chi connectivity index (χ0n) is 8.58. The topological polar surface area (TPSA) is 96.4 Å². The molecule has 0 aromatic heterocycles. The average molecular weight is 222 g/mol. The highest BCUT2D eigenvalue weighted by Gasteiger charge is 2.17. The first kappa shape index (κ1) is 11.9. The molecular weight excluding hydrogens is 212 g/mol. The molecule has 0 heterocycles. The second kappa shape index (κ2) is 5.09. The van der Waals surface area contributed by atoms with E-state index in [-0.39, 0.29) is 17.9 Å². The largest absolute Gasteiger partial charge is 0.490 e. The van der Waals surface area contributed by atoms with Crippen LogP contribution >= 0.6 is 0 Å². The van der Waals surface area contributed by atoms with E-state index < -0.39 is 11.0 Å². The molecule has 1 atom stereocenters. The van der Waals surface area contributed by atoms with Crippen LogP contribution in [0.3, 0.4) is 0 Å². The lowest BCUT2D eigenvalue weighted by Crippen LogP contribution is -1.99. The number of nitriles is 1. The van der Waals surface area contributed by atoms with Crippen LogP contribution in [0.1, 0.15) is 18.1 Å². The number of rotatable bonds is 4. The van der Waals surface area contributed by atoms with Crippen LogP contribution in [0.15, 0.2) is 18.2 Å². The number of nitro benzene ring substituents is 1. The lowest BCUT2D eigenvalue weighted by atomic mass is 10.1. The van der Waals surface area contributed by atoms with Crippen molar-refractivity contribution >= 4 is 5.69 Å². The van der Waals surface area contributed by atoms with Crippen molar-refractivity contribution in [3.05, 3.63) is 33.9 Å². The van der Waals surface area contributed by atoms with Crippen molar-refractivity contribution in [2.75, 3.05) is 7.11 Å². The molecule has 0 fully saturated rings. The summed E-state index contributed by atoms with van der Waals surface area (Å²) in [6, 6.07) is 5.83. The first-order valence-electron chi connectivity index (χ1n) is 4.47. The standard InChI is InChI=1S/C10H10N2O4/c1-16-10-6-7(9(13)4-5-11)2-3-8(10)12(14)15/h2-3,6,9,13H,4H2,1H3. The predicted molar refractivity (Wildman–Crippen MR) is 54.8 cm³/mol. The highest BCUT2D eigenvalue weighted by molar-refractivity contribution is 5.48. The number of aliphatic hydroxyl groups excluding tert-OH is 1. The molecule has 0 saturated heterocycles. The molecule has 0 aliphatic carbocycles. The SMILES string of the molecule is COc1cc(C(O)CC#N)ccc1[N+](=O)[O-]. The second-order valence-electron chi connectivity index (χ2n) is 3.07.